The van der Waals surface area contributed by atoms with E-state index < -0.39 is 0 Å². The minimum Gasteiger partial charge on any atom is -0.299 e. The van der Waals surface area contributed by atoms with Gasteiger partial charge in [0.25, 0.3) is 0 Å². The van der Waals surface area contributed by atoms with Crippen LogP contribution in [0.2, 0.25) is 0 Å². The molecule has 13 heavy (non-hydrogen) atoms. The smallest absolute Gasteiger partial charge is 0.143 e. The number of alkyl halides is 1. The average molecular weight is 241 g/mol. The number of benzene rings is 1. The number of halogens is 1. The summed E-state index contributed by atoms with van der Waals surface area (Å²) in [4.78, 5) is 11.0. The Hall–Kier alpha value is -0.630. The van der Waals surface area contributed by atoms with E-state index in [1.165, 1.54) is 11.1 Å². The van der Waals surface area contributed by atoms with Gasteiger partial charge in [-0.3, -0.25) is 4.79 Å². The second-order valence-corrected chi connectivity index (χ2v) is 3.72. The monoisotopic (exact) mass is 240 g/mol. The highest BCUT2D eigenvalue weighted by molar-refractivity contribution is 9.09. The van der Waals surface area contributed by atoms with E-state index in [-0.39, 0.29) is 5.78 Å². The van der Waals surface area contributed by atoms with Gasteiger partial charge in [0, 0.05) is 6.42 Å². The van der Waals surface area contributed by atoms with Crippen LogP contribution in [0.5, 0.6) is 0 Å². The van der Waals surface area contributed by atoms with Gasteiger partial charge in [0.2, 0.25) is 0 Å². The van der Waals surface area contributed by atoms with Crippen molar-refractivity contribution in [2.24, 2.45) is 0 Å². The van der Waals surface area contributed by atoms with Gasteiger partial charge in [0.05, 0.1) is 5.33 Å². The van der Waals surface area contributed by atoms with Gasteiger partial charge in [-0.05, 0) is 18.9 Å². The zero-order valence-electron chi connectivity index (χ0n) is 7.72. The number of carbonyl (C=O) groups is 1. The predicted octanol–water partition coefficient (Wildman–Crippen LogP) is 2.89. The van der Waals surface area contributed by atoms with Gasteiger partial charge in [0.15, 0.2) is 0 Å². The van der Waals surface area contributed by atoms with Gasteiger partial charge >= 0.3 is 0 Å². The fourth-order valence-electron chi connectivity index (χ4n) is 1.22. The third-order valence-electron chi connectivity index (χ3n) is 1.92. The molecule has 0 atom stereocenters. The molecule has 0 bridgehead atoms. The molecule has 0 saturated heterocycles. The fraction of sp³-hybridized carbons (Fsp3) is 0.364. The number of rotatable bonds is 4. The van der Waals surface area contributed by atoms with Crippen molar-refractivity contribution in [3.05, 3.63) is 35.4 Å². The standard InChI is InChI=1S/C11H13BrO/c1-9-3-2-4-10(7-9)5-6-11(13)8-12/h2-4,7H,5-6,8H2,1H3. The first-order valence-electron chi connectivity index (χ1n) is 4.35. The maximum atomic E-state index is 11.0. The van der Waals surface area contributed by atoms with Crippen LogP contribution >= 0.6 is 15.9 Å². The molecule has 0 saturated carbocycles. The zero-order valence-corrected chi connectivity index (χ0v) is 9.30. The Balaban J connectivity index is 2.50. The minimum absolute atomic E-state index is 0.265. The van der Waals surface area contributed by atoms with Crippen LogP contribution in [0.4, 0.5) is 0 Å². The quantitative estimate of drug-likeness (QED) is 0.741. The van der Waals surface area contributed by atoms with E-state index in [4.69, 9.17) is 0 Å². The van der Waals surface area contributed by atoms with E-state index in [2.05, 4.69) is 41.1 Å². The van der Waals surface area contributed by atoms with Crippen LogP contribution in [0, 0.1) is 6.92 Å². The molecular formula is C11H13BrO. The molecule has 2 heteroatoms. The van der Waals surface area contributed by atoms with Gasteiger partial charge in [-0.25, -0.2) is 0 Å². The Labute approximate surface area is 87.3 Å². The second kappa shape index (κ2) is 5.18. The van der Waals surface area contributed by atoms with Crippen molar-refractivity contribution in [2.45, 2.75) is 19.8 Å². The molecule has 0 heterocycles. The van der Waals surface area contributed by atoms with Crippen molar-refractivity contribution in [3.8, 4) is 0 Å². The molecule has 1 rings (SSSR count). The Morgan fingerprint density at radius 3 is 2.85 bits per heavy atom. The second-order valence-electron chi connectivity index (χ2n) is 3.16. The lowest BCUT2D eigenvalue weighted by Crippen LogP contribution is -2.00. The first kappa shape index (κ1) is 10.5. The Morgan fingerprint density at radius 2 is 2.23 bits per heavy atom. The summed E-state index contributed by atoms with van der Waals surface area (Å²) < 4.78 is 0. The summed E-state index contributed by atoms with van der Waals surface area (Å²) in [6.07, 6.45) is 1.49. The molecule has 0 N–H and O–H groups in total. The van der Waals surface area contributed by atoms with Gasteiger partial charge in [-0.15, -0.1) is 0 Å². The molecule has 1 nitrogen and oxygen atoms in total. The third kappa shape index (κ3) is 3.73. The van der Waals surface area contributed by atoms with Gasteiger partial charge < -0.3 is 0 Å². The van der Waals surface area contributed by atoms with Crippen LogP contribution in [0.15, 0.2) is 24.3 Å². The molecule has 0 aromatic heterocycles. The molecule has 0 unspecified atom stereocenters. The van der Waals surface area contributed by atoms with Crippen molar-refractivity contribution < 1.29 is 4.79 Å². The Kier molecular flexibility index (Phi) is 4.16. The maximum Gasteiger partial charge on any atom is 0.143 e. The normalized spacial score (nSPS) is 10.0. The number of Topliss-reactive ketones (excluding diaryl/α,β-unsaturated/α-hetero) is 1. The molecule has 0 spiro atoms. The summed E-state index contributed by atoms with van der Waals surface area (Å²) in [5.74, 6) is 0.265. The summed E-state index contributed by atoms with van der Waals surface area (Å²) >= 11 is 3.15. The molecular weight excluding hydrogens is 228 g/mol. The highest BCUT2D eigenvalue weighted by Crippen LogP contribution is 2.07. The summed E-state index contributed by atoms with van der Waals surface area (Å²) in [5.41, 5.74) is 2.50. The van der Waals surface area contributed by atoms with Crippen molar-refractivity contribution in [1.82, 2.24) is 0 Å². The number of hydrogen-bond acceptors (Lipinski definition) is 1. The van der Waals surface area contributed by atoms with Crippen molar-refractivity contribution in [2.75, 3.05) is 5.33 Å². The highest BCUT2D eigenvalue weighted by Gasteiger charge is 1.99. The van der Waals surface area contributed by atoms with Crippen molar-refractivity contribution in [1.29, 1.82) is 0 Å². The first-order valence-corrected chi connectivity index (χ1v) is 5.47. The number of aryl methyl sites for hydroxylation is 2. The van der Waals surface area contributed by atoms with E-state index in [1.807, 2.05) is 6.07 Å². The van der Waals surface area contributed by atoms with E-state index in [0.29, 0.717) is 11.8 Å². The van der Waals surface area contributed by atoms with Crippen LogP contribution in [0.1, 0.15) is 17.5 Å². The zero-order chi connectivity index (χ0) is 9.68. The molecule has 0 aliphatic heterocycles. The summed E-state index contributed by atoms with van der Waals surface area (Å²) in [5, 5.41) is 0.471. The average Bonchev–Trinajstić information content (AvgIpc) is 2.14. The van der Waals surface area contributed by atoms with Crippen molar-refractivity contribution >= 4 is 21.7 Å². The molecule has 1 aromatic carbocycles. The topological polar surface area (TPSA) is 17.1 Å². The number of hydrogen-bond donors (Lipinski definition) is 0. The van der Waals surface area contributed by atoms with E-state index in [1.54, 1.807) is 0 Å². The largest absolute Gasteiger partial charge is 0.299 e. The van der Waals surface area contributed by atoms with E-state index in [0.717, 1.165) is 6.42 Å². The van der Waals surface area contributed by atoms with E-state index in [9.17, 15) is 4.79 Å². The minimum atomic E-state index is 0.265. The predicted molar refractivity (Wildman–Crippen MR) is 58.3 cm³/mol. The van der Waals surface area contributed by atoms with Gasteiger partial charge in [-0.1, -0.05) is 45.8 Å². The molecule has 0 amide bonds. The lowest BCUT2D eigenvalue weighted by atomic mass is 10.1. The molecule has 1 aromatic rings. The molecule has 70 valence electrons. The molecule has 0 fully saturated rings. The summed E-state index contributed by atoms with van der Waals surface area (Å²) in [6, 6.07) is 8.29. The lowest BCUT2D eigenvalue weighted by molar-refractivity contribution is -0.116. The molecule has 0 aliphatic carbocycles. The van der Waals surface area contributed by atoms with E-state index >= 15 is 0 Å². The van der Waals surface area contributed by atoms with Crippen LogP contribution in [-0.2, 0) is 11.2 Å². The van der Waals surface area contributed by atoms with Crippen LogP contribution in [0.25, 0.3) is 0 Å². The highest BCUT2D eigenvalue weighted by atomic mass is 79.9. The number of carbonyl (C=O) groups excluding carboxylic acids is 1. The van der Waals surface area contributed by atoms with Crippen molar-refractivity contribution in [3.63, 3.8) is 0 Å². The number of ketones is 1. The molecule has 0 aliphatic rings. The molecule has 0 radical (unpaired) electrons. The Morgan fingerprint density at radius 1 is 1.46 bits per heavy atom. The SMILES string of the molecule is Cc1cccc(CCC(=O)CBr)c1. The maximum absolute atomic E-state index is 11.0. The van der Waals surface area contributed by atoms with Crippen LogP contribution in [0.3, 0.4) is 0 Å². The van der Waals surface area contributed by atoms with Gasteiger partial charge in [0.1, 0.15) is 5.78 Å². The lowest BCUT2D eigenvalue weighted by Gasteiger charge is -2.00. The third-order valence-corrected chi connectivity index (χ3v) is 2.55. The van der Waals surface area contributed by atoms with Crippen LogP contribution in [-0.4, -0.2) is 11.1 Å². The van der Waals surface area contributed by atoms with Gasteiger partial charge in [-0.2, -0.15) is 0 Å². The summed E-state index contributed by atoms with van der Waals surface area (Å²) in [6.45, 7) is 2.07. The van der Waals surface area contributed by atoms with Crippen LogP contribution < -0.4 is 0 Å². The summed E-state index contributed by atoms with van der Waals surface area (Å²) in [7, 11) is 0. The Bertz CT molecular complexity index is 294. The fourth-order valence-corrected chi connectivity index (χ4v) is 1.50. The first-order chi connectivity index (χ1) is 6.22.